The standard InChI is InChI=1S/C19H25N3O/c1-15-12-21(14-17-6-4-3-5-7-17)10-11-22(13-15)19(23)18-16(2)8-9-20-18/h3-9,15,20H,10-14H2,1-2H3. The Morgan fingerprint density at radius 2 is 1.96 bits per heavy atom. The Kier molecular flexibility index (Phi) is 4.82. The van der Waals surface area contributed by atoms with Crippen LogP contribution < -0.4 is 0 Å². The minimum atomic E-state index is 0.126. The van der Waals surface area contributed by atoms with Gasteiger partial charge in [0.05, 0.1) is 0 Å². The molecule has 0 aliphatic carbocycles. The highest BCUT2D eigenvalue weighted by molar-refractivity contribution is 5.93. The molecular weight excluding hydrogens is 286 g/mol. The summed E-state index contributed by atoms with van der Waals surface area (Å²) in [5.41, 5.74) is 3.08. The van der Waals surface area contributed by atoms with Crippen LogP contribution in [0.4, 0.5) is 0 Å². The fourth-order valence-electron chi connectivity index (χ4n) is 3.32. The molecule has 3 rings (SSSR count). The first kappa shape index (κ1) is 15.8. The normalized spacial score (nSPS) is 19.6. The minimum absolute atomic E-state index is 0.126. The maximum Gasteiger partial charge on any atom is 0.270 e. The molecule has 122 valence electrons. The molecule has 0 saturated carbocycles. The molecule has 0 bridgehead atoms. The Morgan fingerprint density at radius 1 is 1.17 bits per heavy atom. The van der Waals surface area contributed by atoms with E-state index in [1.807, 2.05) is 30.2 Å². The van der Waals surface area contributed by atoms with E-state index < -0.39 is 0 Å². The first-order valence-electron chi connectivity index (χ1n) is 8.33. The lowest BCUT2D eigenvalue weighted by Crippen LogP contribution is -2.36. The number of rotatable bonds is 3. The molecule has 23 heavy (non-hydrogen) atoms. The molecule has 1 atom stereocenters. The molecule has 1 fully saturated rings. The van der Waals surface area contributed by atoms with Gasteiger partial charge >= 0.3 is 0 Å². The van der Waals surface area contributed by atoms with Crippen LogP contribution in [0.5, 0.6) is 0 Å². The highest BCUT2D eigenvalue weighted by atomic mass is 16.2. The van der Waals surface area contributed by atoms with Crippen LogP contribution in [-0.2, 0) is 6.54 Å². The number of hydrogen-bond donors (Lipinski definition) is 1. The molecular formula is C19H25N3O. The van der Waals surface area contributed by atoms with Crippen molar-refractivity contribution in [3.8, 4) is 0 Å². The van der Waals surface area contributed by atoms with E-state index in [1.54, 1.807) is 0 Å². The Labute approximate surface area is 138 Å². The van der Waals surface area contributed by atoms with Crippen LogP contribution in [0.2, 0.25) is 0 Å². The maximum atomic E-state index is 12.7. The average Bonchev–Trinajstić information content (AvgIpc) is 2.88. The number of H-pyrrole nitrogens is 1. The molecule has 1 aromatic heterocycles. The number of carbonyl (C=O) groups excluding carboxylic acids is 1. The van der Waals surface area contributed by atoms with Gasteiger partial charge in [-0.25, -0.2) is 0 Å². The molecule has 1 aliphatic rings. The summed E-state index contributed by atoms with van der Waals surface area (Å²) in [5, 5.41) is 0. The molecule has 1 amide bonds. The molecule has 0 radical (unpaired) electrons. The lowest BCUT2D eigenvalue weighted by molar-refractivity contribution is 0.0743. The summed E-state index contributed by atoms with van der Waals surface area (Å²) in [6, 6.07) is 12.5. The number of carbonyl (C=O) groups is 1. The molecule has 1 saturated heterocycles. The van der Waals surface area contributed by atoms with E-state index in [-0.39, 0.29) is 5.91 Å². The number of nitrogens with zero attached hydrogens (tertiary/aromatic N) is 2. The average molecular weight is 311 g/mol. The highest BCUT2D eigenvalue weighted by Crippen LogP contribution is 2.16. The SMILES string of the molecule is Cc1cc[nH]c1C(=O)N1CCN(Cc2ccccc2)CC(C)C1. The molecule has 0 spiro atoms. The van der Waals surface area contributed by atoms with Gasteiger partial charge in [-0.3, -0.25) is 9.69 Å². The van der Waals surface area contributed by atoms with Crippen molar-refractivity contribution < 1.29 is 4.79 Å². The van der Waals surface area contributed by atoms with Crippen molar-refractivity contribution in [1.29, 1.82) is 0 Å². The summed E-state index contributed by atoms with van der Waals surface area (Å²) in [7, 11) is 0. The Morgan fingerprint density at radius 3 is 2.65 bits per heavy atom. The second-order valence-electron chi connectivity index (χ2n) is 6.61. The lowest BCUT2D eigenvalue weighted by atomic mass is 10.1. The number of aryl methyl sites for hydroxylation is 1. The molecule has 1 unspecified atom stereocenters. The predicted octanol–water partition coefficient (Wildman–Crippen LogP) is 2.92. The van der Waals surface area contributed by atoms with Gasteiger partial charge in [0.15, 0.2) is 0 Å². The fraction of sp³-hybridized carbons (Fsp3) is 0.421. The van der Waals surface area contributed by atoms with E-state index in [9.17, 15) is 4.79 Å². The van der Waals surface area contributed by atoms with E-state index in [2.05, 4.69) is 41.1 Å². The van der Waals surface area contributed by atoms with Gasteiger partial charge in [0.2, 0.25) is 0 Å². The van der Waals surface area contributed by atoms with Gasteiger partial charge in [0, 0.05) is 38.9 Å². The summed E-state index contributed by atoms with van der Waals surface area (Å²) in [5.74, 6) is 0.598. The Balaban J connectivity index is 1.66. The third-order valence-corrected chi connectivity index (χ3v) is 4.49. The molecule has 2 heterocycles. The van der Waals surface area contributed by atoms with E-state index >= 15 is 0 Å². The maximum absolute atomic E-state index is 12.7. The zero-order chi connectivity index (χ0) is 16.2. The van der Waals surface area contributed by atoms with Crippen molar-refractivity contribution in [2.45, 2.75) is 20.4 Å². The summed E-state index contributed by atoms with van der Waals surface area (Å²) >= 11 is 0. The summed E-state index contributed by atoms with van der Waals surface area (Å²) in [6.45, 7) is 8.72. The first-order valence-corrected chi connectivity index (χ1v) is 8.33. The highest BCUT2D eigenvalue weighted by Gasteiger charge is 2.25. The largest absolute Gasteiger partial charge is 0.357 e. The second kappa shape index (κ2) is 7.01. The van der Waals surface area contributed by atoms with Crippen LogP contribution in [-0.4, -0.2) is 46.9 Å². The van der Waals surface area contributed by atoms with Crippen molar-refractivity contribution >= 4 is 5.91 Å². The quantitative estimate of drug-likeness (QED) is 0.946. The molecule has 1 N–H and O–H groups in total. The number of benzene rings is 1. The summed E-state index contributed by atoms with van der Waals surface area (Å²) in [6.07, 6.45) is 1.84. The van der Waals surface area contributed by atoms with Gasteiger partial charge in [-0.15, -0.1) is 0 Å². The van der Waals surface area contributed by atoms with Gasteiger partial charge in [0.1, 0.15) is 5.69 Å². The van der Waals surface area contributed by atoms with E-state index in [1.165, 1.54) is 5.56 Å². The molecule has 4 nitrogen and oxygen atoms in total. The van der Waals surface area contributed by atoms with Crippen LogP contribution in [0, 0.1) is 12.8 Å². The van der Waals surface area contributed by atoms with E-state index in [0.717, 1.165) is 44.0 Å². The van der Waals surface area contributed by atoms with Crippen molar-refractivity contribution in [3.63, 3.8) is 0 Å². The monoisotopic (exact) mass is 311 g/mol. The molecule has 2 aromatic rings. The molecule has 1 aromatic carbocycles. The topological polar surface area (TPSA) is 39.3 Å². The van der Waals surface area contributed by atoms with Crippen LogP contribution in [0.1, 0.15) is 28.5 Å². The van der Waals surface area contributed by atoms with Gasteiger partial charge in [-0.2, -0.15) is 0 Å². The fourth-order valence-corrected chi connectivity index (χ4v) is 3.32. The number of nitrogens with one attached hydrogen (secondary N) is 1. The van der Waals surface area contributed by atoms with Crippen molar-refractivity contribution in [2.24, 2.45) is 5.92 Å². The Bertz CT molecular complexity index is 650. The van der Waals surface area contributed by atoms with Crippen LogP contribution in [0.25, 0.3) is 0 Å². The third kappa shape index (κ3) is 3.82. The van der Waals surface area contributed by atoms with Crippen LogP contribution in [0.15, 0.2) is 42.6 Å². The lowest BCUT2D eigenvalue weighted by Gasteiger charge is -2.22. The van der Waals surface area contributed by atoms with Crippen LogP contribution >= 0.6 is 0 Å². The van der Waals surface area contributed by atoms with Crippen molar-refractivity contribution in [1.82, 2.24) is 14.8 Å². The molecule has 1 aliphatic heterocycles. The van der Waals surface area contributed by atoms with Crippen molar-refractivity contribution in [2.75, 3.05) is 26.2 Å². The van der Waals surface area contributed by atoms with Gasteiger partial charge in [-0.05, 0) is 30.0 Å². The van der Waals surface area contributed by atoms with Gasteiger partial charge in [-0.1, -0.05) is 37.3 Å². The minimum Gasteiger partial charge on any atom is -0.357 e. The predicted molar refractivity (Wildman–Crippen MR) is 92.3 cm³/mol. The van der Waals surface area contributed by atoms with Crippen molar-refractivity contribution in [3.05, 3.63) is 59.4 Å². The zero-order valence-electron chi connectivity index (χ0n) is 14.0. The number of aromatic nitrogens is 1. The second-order valence-corrected chi connectivity index (χ2v) is 6.61. The van der Waals surface area contributed by atoms with Crippen LogP contribution in [0.3, 0.4) is 0 Å². The Hall–Kier alpha value is -2.07. The van der Waals surface area contributed by atoms with E-state index in [0.29, 0.717) is 5.92 Å². The number of amides is 1. The van der Waals surface area contributed by atoms with Gasteiger partial charge in [0.25, 0.3) is 5.91 Å². The molecule has 4 heteroatoms. The summed E-state index contributed by atoms with van der Waals surface area (Å²) in [4.78, 5) is 20.3. The number of hydrogen-bond acceptors (Lipinski definition) is 2. The zero-order valence-corrected chi connectivity index (χ0v) is 14.0. The third-order valence-electron chi connectivity index (χ3n) is 4.49. The van der Waals surface area contributed by atoms with E-state index in [4.69, 9.17) is 0 Å². The summed E-state index contributed by atoms with van der Waals surface area (Å²) < 4.78 is 0. The smallest absolute Gasteiger partial charge is 0.270 e. The van der Waals surface area contributed by atoms with Gasteiger partial charge < -0.3 is 9.88 Å². The number of aromatic amines is 1. The first-order chi connectivity index (χ1) is 11.1.